The summed E-state index contributed by atoms with van der Waals surface area (Å²) in [6.07, 6.45) is -3.09. The Morgan fingerprint density at radius 2 is 1.94 bits per heavy atom. The largest absolute Gasteiger partial charge is 0.435 e. The first-order valence-corrected chi connectivity index (χ1v) is 11.3. The number of hydrogen-bond donors (Lipinski definition) is 2. The first-order valence-electron chi connectivity index (χ1n) is 8.90. The van der Waals surface area contributed by atoms with Gasteiger partial charge in [-0.2, -0.15) is 18.3 Å². The van der Waals surface area contributed by atoms with Gasteiger partial charge >= 0.3 is 6.18 Å². The van der Waals surface area contributed by atoms with Gasteiger partial charge < -0.3 is 5.32 Å². The topological polar surface area (TPSA) is 106 Å². The van der Waals surface area contributed by atoms with Gasteiger partial charge in [-0.05, 0) is 37.3 Å². The van der Waals surface area contributed by atoms with Crippen molar-refractivity contribution in [1.29, 1.82) is 0 Å². The number of carbonyl (C=O) groups excluding carboxylic acids is 1. The summed E-state index contributed by atoms with van der Waals surface area (Å²) in [5.74, 6) is -1.13. The van der Waals surface area contributed by atoms with E-state index < -0.39 is 33.7 Å². The van der Waals surface area contributed by atoms with Crippen LogP contribution in [0, 0.1) is 12.8 Å². The number of rotatable bonds is 7. The monoisotopic (exact) mass is 473 g/mol. The molecule has 166 valence electrons. The van der Waals surface area contributed by atoms with E-state index in [2.05, 4.69) is 20.1 Å². The lowest BCUT2D eigenvalue weighted by atomic mass is 10.1. The van der Waals surface area contributed by atoms with Crippen LogP contribution in [0.25, 0.3) is 0 Å². The molecule has 8 nitrogen and oxygen atoms in total. The lowest BCUT2D eigenvalue weighted by Gasteiger charge is -2.14. The molecule has 0 spiro atoms. The number of sulfonamides is 1. The van der Waals surface area contributed by atoms with Crippen LogP contribution in [0.1, 0.15) is 18.3 Å². The molecule has 1 atom stereocenters. The van der Waals surface area contributed by atoms with E-state index in [1.807, 2.05) is 0 Å². The first-order chi connectivity index (χ1) is 14.5. The van der Waals surface area contributed by atoms with Gasteiger partial charge in [-0.15, -0.1) is 11.3 Å². The molecule has 0 radical (unpaired) electrons. The van der Waals surface area contributed by atoms with Crippen molar-refractivity contribution in [2.24, 2.45) is 5.92 Å². The highest BCUT2D eigenvalue weighted by Gasteiger charge is 2.34. The molecular formula is C18H18F3N5O3S2. The van der Waals surface area contributed by atoms with Crippen molar-refractivity contribution in [3.05, 3.63) is 53.3 Å². The molecule has 0 saturated carbocycles. The van der Waals surface area contributed by atoms with Gasteiger partial charge in [0.15, 0.2) is 10.8 Å². The number of thiazole rings is 1. The van der Waals surface area contributed by atoms with Crippen molar-refractivity contribution in [2.45, 2.75) is 31.5 Å². The van der Waals surface area contributed by atoms with E-state index in [0.29, 0.717) is 5.69 Å². The van der Waals surface area contributed by atoms with Gasteiger partial charge in [0.05, 0.1) is 17.4 Å². The van der Waals surface area contributed by atoms with Gasteiger partial charge in [0.2, 0.25) is 5.91 Å². The molecule has 1 unspecified atom stereocenters. The zero-order chi connectivity index (χ0) is 22.8. The molecule has 2 N–H and O–H groups in total. The molecular weight excluding hydrogens is 455 g/mol. The summed E-state index contributed by atoms with van der Waals surface area (Å²) >= 11 is 1.14. The summed E-state index contributed by atoms with van der Waals surface area (Å²) < 4.78 is 66.5. The molecule has 3 rings (SSSR count). The molecule has 13 heteroatoms. The number of carbonyl (C=O) groups is 1. The number of alkyl halides is 3. The molecule has 31 heavy (non-hydrogen) atoms. The molecule has 0 bridgehead atoms. The minimum atomic E-state index is -4.56. The van der Waals surface area contributed by atoms with E-state index in [1.54, 1.807) is 12.3 Å². The summed E-state index contributed by atoms with van der Waals surface area (Å²) in [5.41, 5.74) is -0.381. The molecule has 1 amide bonds. The molecule has 3 aromatic rings. The second-order valence-corrected chi connectivity index (χ2v) is 9.29. The zero-order valence-corrected chi connectivity index (χ0v) is 18.0. The minimum absolute atomic E-state index is 0.0133. The highest BCUT2D eigenvalue weighted by Crippen LogP contribution is 2.28. The summed E-state index contributed by atoms with van der Waals surface area (Å²) in [6, 6.07) is 6.40. The molecule has 2 heterocycles. The van der Waals surface area contributed by atoms with Crippen LogP contribution in [-0.4, -0.2) is 29.1 Å². The normalized spacial score (nSPS) is 13.1. The van der Waals surface area contributed by atoms with Gasteiger partial charge in [0.1, 0.15) is 0 Å². The first kappa shape index (κ1) is 22.7. The third kappa shape index (κ3) is 5.61. The zero-order valence-electron chi connectivity index (χ0n) is 16.3. The molecule has 0 aliphatic heterocycles. The number of hydrogen-bond acceptors (Lipinski definition) is 6. The predicted octanol–water partition coefficient (Wildman–Crippen LogP) is 3.74. The molecule has 0 saturated heterocycles. The molecule has 2 aromatic heterocycles. The maximum absolute atomic E-state index is 12.8. The summed E-state index contributed by atoms with van der Waals surface area (Å²) in [7, 11) is -3.82. The van der Waals surface area contributed by atoms with E-state index in [0.717, 1.165) is 22.1 Å². The Morgan fingerprint density at radius 3 is 2.48 bits per heavy atom. The van der Waals surface area contributed by atoms with Crippen LogP contribution in [0.2, 0.25) is 0 Å². The van der Waals surface area contributed by atoms with Crippen LogP contribution in [0.15, 0.2) is 46.8 Å². The van der Waals surface area contributed by atoms with E-state index in [-0.39, 0.29) is 22.3 Å². The summed E-state index contributed by atoms with van der Waals surface area (Å²) in [4.78, 5) is 16.3. The summed E-state index contributed by atoms with van der Waals surface area (Å²) in [6.45, 7) is 2.99. The number of aryl methyl sites for hydroxylation is 1. The van der Waals surface area contributed by atoms with E-state index in [9.17, 15) is 26.4 Å². The van der Waals surface area contributed by atoms with Crippen LogP contribution >= 0.6 is 11.3 Å². The van der Waals surface area contributed by atoms with Crippen molar-refractivity contribution < 1.29 is 26.4 Å². The Bertz CT molecular complexity index is 1160. The summed E-state index contributed by atoms with van der Waals surface area (Å²) in [5, 5.41) is 7.99. The number of amides is 1. The number of nitrogens with zero attached hydrogens (tertiary/aromatic N) is 3. The maximum Gasteiger partial charge on any atom is 0.435 e. The fourth-order valence-corrected chi connectivity index (χ4v) is 4.40. The quantitative estimate of drug-likeness (QED) is 0.544. The van der Waals surface area contributed by atoms with Gasteiger partial charge in [0, 0.05) is 23.0 Å². The Kier molecular flexibility index (Phi) is 6.36. The van der Waals surface area contributed by atoms with Crippen LogP contribution in [0.3, 0.4) is 0 Å². The van der Waals surface area contributed by atoms with Crippen molar-refractivity contribution in [3.8, 4) is 0 Å². The number of halogens is 3. The van der Waals surface area contributed by atoms with Crippen LogP contribution in [-0.2, 0) is 27.5 Å². The van der Waals surface area contributed by atoms with Crippen LogP contribution in [0.5, 0.6) is 0 Å². The predicted molar refractivity (Wildman–Crippen MR) is 109 cm³/mol. The maximum atomic E-state index is 12.8. The van der Waals surface area contributed by atoms with Gasteiger partial charge in [-0.1, -0.05) is 6.92 Å². The average molecular weight is 474 g/mol. The Hall–Kier alpha value is -2.93. The van der Waals surface area contributed by atoms with Crippen LogP contribution < -0.4 is 10.0 Å². The van der Waals surface area contributed by atoms with Gasteiger partial charge in [-0.25, -0.2) is 13.4 Å². The highest BCUT2D eigenvalue weighted by atomic mass is 32.2. The Morgan fingerprint density at radius 1 is 1.26 bits per heavy atom. The number of nitrogens with one attached hydrogen (secondary N) is 2. The third-order valence-electron chi connectivity index (χ3n) is 4.25. The number of anilines is 2. The van der Waals surface area contributed by atoms with E-state index in [1.165, 1.54) is 37.4 Å². The second kappa shape index (κ2) is 8.67. The van der Waals surface area contributed by atoms with Crippen molar-refractivity contribution >= 4 is 38.1 Å². The average Bonchev–Trinajstić information content (AvgIpc) is 3.31. The van der Waals surface area contributed by atoms with Crippen molar-refractivity contribution in [1.82, 2.24) is 14.8 Å². The smallest absolute Gasteiger partial charge is 0.326 e. The van der Waals surface area contributed by atoms with Gasteiger partial charge in [0.25, 0.3) is 10.0 Å². The van der Waals surface area contributed by atoms with E-state index in [4.69, 9.17) is 0 Å². The second-order valence-electron chi connectivity index (χ2n) is 6.71. The molecule has 0 aliphatic carbocycles. The fourth-order valence-electron chi connectivity index (χ4n) is 2.61. The van der Waals surface area contributed by atoms with Gasteiger partial charge in [-0.3, -0.25) is 14.2 Å². The minimum Gasteiger partial charge on any atom is -0.326 e. The standard InChI is InChI=1S/C18H18F3N5O3S2/c1-11(10-26-12(2)9-15(24-26)18(19,20)21)16(27)23-13-3-5-14(6-4-13)31(28,29)25-17-22-7-8-30-17/h3-9,11H,10H2,1-2H3,(H,22,25)(H,23,27). The molecule has 0 aliphatic rings. The van der Waals surface area contributed by atoms with Crippen molar-refractivity contribution in [2.75, 3.05) is 10.0 Å². The Labute approximate surface area is 180 Å². The SMILES string of the molecule is Cc1cc(C(F)(F)F)nn1CC(C)C(=O)Nc1ccc(S(=O)(=O)Nc2nccs2)cc1. The molecule has 1 aromatic carbocycles. The third-order valence-corrected chi connectivity index (χ3v) is 6.42. The number of aromatic nitrogens is 3. The van der Waals surface area contributed by atoms with Crippen molar-refractivity contribution in [3.63, 3.8) is 0 Å². The van der Waals surface area contributed by atoms with E-state index >= 15 is 0 Å². The lowest BCUT2D eigenvalue weighted by molar-refractivity contribution is -0.141. The Balaban J connectivity index is 1.63. The number of benzene rings is 1. The highest BCUT2D eigenvalue weighted by molar-refractivity contribution is 7.93. The fraction of sp³-hybridized carbons (Fsp3) is 0.278. The molecule has 0 fully saturated rings. The van der Waals surface area contributed by atoms with Crippen LogP contribution in [0.4, 0.5) is 24.0 Å². The lowest BCUT2D eigenvalue weighted by Crippen LogP contribution is -2.25.